The zero-order valence-corrected chi connectivity index (χ0v) is 14.7. The van der Waals surface area contributed by atoms with Crippen molar-refractivity contribution in [1.82, 2.24) is 20.1 Å². The molecule has 5 heteroatoms. The van der Waals surface area contributed by atoms with E-state index in [0.717, 1.165) is 29.4 Å². The van der Waals surface area contributed by atoms with Crippen molar-refractivity contribution in [3.05, 3.63) is 33.5 Å². The average molecular weight is 306 g/mol. The molecule has 0 amide bonds. The first-order valence-electron chi connectivity index (χ1n) is 7.52. The number of rotatable bonds is 5. The molecule has 0 saturated heterocycles. The van der Waals surface area contributed by atoms with Crippen molar-refractivity contribution in [2.75, 3.05) is 6.54 Å². The van der Waals surface area contributed by atoms with Crippen molar-refractivity contribution in [1.29, 1.82) is 0 Å². The fourth-order valence-corrected chi connectivity index (χ4v) is 3.42. The Morgan fingerprint density at radius 3 is 2.57 bits per heavy atom. The molecule has 4 nitrogen and oxygen atoms in total. The van der Waals surface area contributed by atoms with E-state index in [1.165, 1.54) is 5.56 Å². The first-order valence-corrected chi connectivity index (χ1v) is 8.40. The van der Waals surface area contributed by atoms with Crippen molar-refractivity contribution >= 4 is 11.3 Å². The average Bonchev–Trinajstić information content (AvgIpc) is 2.97. The summed E-state index contributed by atoms with van der Waals surface area (Å²) in [5.41, 5.74) is 3.54. The highest BCUT2D eigenvalue weighted by Gasteiger charge is 2.24. The third-order valence-corrected chi connectivity index (χ3v) is 4.41. The first-order chi connectivity index (χ1) is 9.82. The molecule has 2 aromatic heterocycles. The second kappa shape index (κ2) is 6.28. The van der Waals surface area contributed by atoms with E-state index in [0.29, 0.717) is 0 Å². The van der Waals surface area contributed by atoms with Gasteiger partial charge in [-0.1, -0.05) is 27.7 Å². The Hall–Kier alpha value is -1.20. The summed E-state index contributed by atoms with van der Waals surface area (Å²) in [5.74, 6) is 0. The largest absolute Gasteiger partial charge is 0.304 e. The van der Waals surface area contributed by atoms with Gasteiger partial charge in [0.15, 0.2) is 0 Å². The zero-order chi connectivity index (χ0) is 15.6. The van der Waals surface area contributed by atoms with Crippen molar-refractivity contribution in [3.63, 3.8) is 0 Å². The molecule has 1 unspecified atom stereocenters. The van der Waals surface area contributed by atoms with Gasteiger partial charge in [0.25, 0.3) is 0 Å². The van der Waals surface area contributed by atoms with Crippen LogP contribution in [0.5, 0.6) is 0 Å². The van der Waals surface area contributed by atoms with Crippen LogP contribution in [-0.2, 0) is 12.5 Å². The van der Waals surface area contributed by atoms with E-state index < -0.39 is 0 Å². The van der Waals surface area contributed by atoms with Gasteiger partial charge in [-0.3, -0.25) is 4.68 Å². The number of hydrogen-bond acceptors (Lipinski definition) is 4. The third-order valence-electron chi connectivity index (χ3n) is 3.50. The van der Waals surface area contributed by atoms with Crippen LogP contribution in [0.3, 0.4) is 0 Å². The van der Waals surface area contributed by atoms with Gasteiger partial charge in [-0.05, 0) is 19.9 Å². The molecule has 0 saturated carbocycles. The number of nitrogens with zero attached hydrogens (tertiary/aromatic N) is 3. The number of nitrogens with one attached hydrogen (secondary N) is 1. The van der Waals surface area contributed by atoms with Gasteiger partial charge in [0.1, 0.15) is 5.01 Å². The van der Waals surface area contributed by atoms with Crippen LogP contribution in [0.2, 0.25) is 0 Å². The molecule has 0 aliphatic heterocycles. The van der Waals surface area contributed by atoms with Crippen LogP contribution >= 0.6 is 11.3 Å². The van der Waals surface area contributed by atoms with Crippen LogP contribution in [0.25, 0.3) is 0 Å². The predicted molar refractivity (Wildman–Crippen MR) is 88.9 cm³/mol. The Balaban J connectivity index is 2.36. The molecule has 0 radical (unpaired) electrons. The highest BCUT2D eigenvalue weighted by Crippen LogP contribution is 2.31. The summed E-state index contributed by atoms with van der Waals surface area (Å²) in [4.78, 5) is 4.88. The van der Waals surface area contributed by atoms with Crippen LogP contribution in [-0.4, -0.2) is 21.3 Å². The van der Waals surface area contributed by atoms with Crippen LogP contribution in [0.15, 0.2) is 11.6 Å². The van der Waals surface area contributed by atoms with E-state index in [-0.39, 0.29) is 11.5 Å². The lowest BCUT2D eigenvalue weighted by Gasteiger charge is -2.17. The van der Waals surface area contributed by atoms with Gasteiger partial charge in [0.05, 0.1) is 17.4 Å². The quantitative estimate of drug-likeness (QED) is 0.918. The molecule has 1 atom stereocenters. The summed E-state index contributed by atoms with van der Waals surface area (Å²) in [5, 5.41) is 11.4. The smallest absolute Gasteiger partial charge is 0.115 e. The molecule has 1 N–H and O–H groups in total. The van der Waals surface area contributed by atoms with Gasteiger partial charge in [0.2, 0.25) is 0 Å². The molecule has 0 fully saturated rings. The summed E-state index contributed by atoms with van der Waals surface area (Å²) < 4.78 is 1.88. The summed E-state index contributed by atoms with van der Waals surface area (Å²) >= 11 is 1.74. The number of hydrogen-bond donors (Lipinski definition) is 1. The van der Waals surface area contributed by atoms with Gasteiger partial charge in [0, 0.05) is 29.6 Å². The maximum Gasteiger partial charge on any atom is 0.115 e. The normalized spacial score (nSPS) is 13.6. The monoisotopic (exact) mass is 306 g/mol. The number of aryl methyl sites for hydroxylation is 2. The van der Waals surface area contributed by atoms with Gasteiger partial charge < -0.3 is 5.32 Å². The lowest BCUT2D eigenvalue weighted by atomic mass is 9.93. The summed E-state index contributed by atoms with van der Waals surface area (Å²) in [6, 6.07) is 0.139. The minimum absolute atomic E-state index is 0.0913. The predicted octanol–water partition coefficient (Wildman–Crippen LogP) is 3.57. The number of aromatic nitrogens is 3. The van der Waals surface area contributed by atoms with E-state index in [1.54, 1.807) is 11.3 Å². The highest BCUT2D eigenvalue weighted by atomic mass is 32.1. The maximum atomic E-state index is 4.88. The van der Waals surface area contributed by atoms with Gasteiger partial charge in [-0.2, -0.15) is 5.10 Å². The molecule has 0 aliphatic carbocycles. The summed E-state index contributed by atoms with van der Waals surface area (Å²) in [7, 11) is 1.97. The van der Waals surface area contributed by atoms with E-state index in [4.69, 9.17) is 4.98 Å². The van der Waals surface area contributed by atoms with Crippen LogP contribution in [0.4, 0.5) is 0 Å². The van der Waals surface area contributed by atoms with Gasteiger partial charge >= 0.3 is 0 Å². The summed E-state index contributed by atoms with van der Waals surface area (Å²) in [6.45, 7) is 11.8. The van der Waals surface area contributed by atoms with Crippen LogP contribution < -0.4 is 5.32 Å². The van der Waals surface area contributed by atoms with Crippen molar-refractivity contribution in [3.8, 4) is 0 Å². The van der Waals surface area contributed by atoms with E-state index in [9.17, 15) is 0 Å². The molecule has 0 bridgehead atoms. The molecule has 0 spiro atoms. The van der Waals surface area contributed by atoms with Crippen LogP contribution in [0.1, 0.15) is 62.1 Å². The molecule has 2 heterocycles. The van der Waals surface area contributed by atoms with E-state index in [1.807, 2.05) is 11.7 Å². The molecule has 2 aromatic rings. The highest BCUT2D eigenvalue weighted by molar-refractivity contribution is 7.09. The van der Waals surface area contributed by atoms with Crippen LogP contribution in [0, 0.1) is 6.92 Å². The minimum Gasteiger partial charge on any atom is -0.304 e. The van der Waals surface area contributed by atoms with E-state index in [2.05, 4.69) is 56.6 Å². The molecule has 116 valence electrons. The molecular weight excluding hydrogens is 280 g/mol. The third kappa shape index (κ3) is 3.71. The Bertz CT molecular complexity index is 592. The lowest BCUT2D eigenvalue weighted by molar-refractivity contribution is 0.557. The number of thiazole rings is 1. The van der Waals surface area contributed by atoms with Crippen molar-refractivity contribution < 1.29 is 0 Å². The Morgan fingerprint density at radius 2 is 2.10 bits per heavy atom. The SMILES string of the molecule is CCCNC(c1nc(C(C)(C)C)cs1)c1cn(C)nc1C. The second-order valence-electron chi connectivity index (χ2n) is 6.55. The Labute approximate surface area is 131 Å². The standard InChI is InChI=1S/C16H26N4S/c1-7-8-17-14(12-9-20(6)19-11(12)2)15-18-13(10-21-15)16(3,4)5/h9-10,14,17H,7-8H2,1-6H3. The molecule has 0 aromatic carbocycles. The van der Waals surface area contributed by atoms with Gasteiger partial charge in [-0.15, -0.1) is 11.3 Å². The fourth-order valence-electron chi connectivity index (χ4n) is 2.28. The van der Waals surface area contributed by atoms with Crippen molar-refractivity contribution in [2.24, 2.45) is 7.05 Å². The molecule has 21 heavy (non-hydrogen) atoms. The second-order valence-corrected chi connectivity index (χ2v) is 7.44. The first kappa shape index (κ1) is 16.2. The summed E-state index contributed by atoms with van der Waals surface area (Å²) in [6.07, 6.45) is 3.20. The minimum atomic E-state index is 0.0913. The Morgan fingerprint density at radius 1 is 1.38 bits per heavy atom. The van der Waals surface area contributed by atoms with E-state index >= 15 is 0 Å². The zero-order valence-electron chi connectivity index (χ0n) is 13.9. The Kier molecular flexibility index (Phi) is 4.84. The lowest BCUT2D eigenvalue weighted by Crippen LogP contribution is -2.24. The fraction of sp³-hybridized carbons (Fsp3) is 0.625. The molecule has 2 rings (SSSR count). The topological polar surface area (TPSA) is 42.7 Å². The van der Waals surface area contributed by atoms with Crippen molar-refractivity contribution in [2.45, 2.75) is 52.5 Å². The van der Waals surface area contributed by atoms with Gasteiger partial charge in [-0.25, -0.2) is 4.98 Å². The molecular formula is C16H26N4S. The molecule has 0 aliphatic rings. The maximum absolute atomic E-state index is 4.88.